The van der Waals surface area contributed by atoms with Crippen LogP contribution in [0.15, 0.2) is 18.2 Å². The number of halogens is 1. The second-order valence-electron chi connectivity index (χ2n) is 4.02. The Morgan fingerprint density at radius 1 is 1.32 bits per heavy atom. The molecule has 0 unspecified atom stereocenters. The average molecular weight is 307 g/mol. The molecule has 19 heavy (non-hydrogen) atoms. The lowest BCUT2D eigenvalue weighted by Gasteiger charge is -2.10. The number of sulfonamides is 1. The molecule has 0 fully saturated rings. The number of rotatable bonds is 8. The Labute approximate surface area is 119 Å². The highest BCUT2D eigenvalue weighted by molar-refractivity contribution is 7.92. The molecule has 108 valence electrons. The molecule has 0 amide bonds. The Morgan fingerprint density at radius 2 is 2.05 bits per heavy atom. The zero-order valence-corrected chi connectivity index (χ0v) is 12.6. The Bertz CT molecular complexity index is 506. The molecular formula is C12H19ClN2O3S. The van der Waals surface area contributed by atoms with Crippen LogP contribution in [0.25, 0.3) is 0 Å². The van der Waals surface area contributed by atoms with Gasteiger partial charge in [0.15, 0.2) is 0 Å². The highest BCUT2D eigenvalue weighted by atomic mass is 35.5. The van der Waals surface area contributed by atoms with E-state index in [-0.39, 0.29) is 5.75 Å². The third-order valence-electron chi connectivity index (χ3n) is 2.40. The van der Waals surface area contributed by atoms with Crippen molar-refractivity contribution in [3.8, 4) is 5.75 Å². The summed E-state index contributed by atoms with van der Waals surface area (Å²) in [5, 5.41) is 3.48. The molecule has 0 atom stereocenters. The summed E-state index contributed by atoms with van der Waals surface area (Å²) in [5.41, 5.74) is 0.441. The van der Waals surface area contributed by atoms with Crippen molar-refractivity contribution >= 4 is 27.3 Å². The van der Waals surface area contributed by atoms with Gasteiger partial charge in [-0.3, -0.25) is 4.72 Å². The fourth-order valence-corrected chi connectivity index (χ4v) is 2.66. The monoisotopic (exact) mass is 306 g/mol. The maximum atomic E-state index is 11.8. The van der Waals surface area contributed by atoms with Gasteiger partial charge in [0, 0.05) is 12.6 Å². The van der Waals surface area contributed by atoms with Crippen LogP contribution in [-0.4, -0.2) is 34.4 Å². The molecule has 5 nitrogen and oxygen atoms in total. The molecule has 1 rings (SSSR count). The SMILES string of the molecule is CCCNCCS(=O)(=O)Nc1ccc(Cl)c(OC)c1. The van der Waals surface area contributed by atoms with E-state index in [9.17, 15) is 8.42 Å². The van der Waals surface area contributed by atoms with Gasteiger partial charge in [-0.15, -0.1) is 0 Å². The van der Waals surface area contributed by atoms with Crippen molar-refractivity contribution in [1.29, 1.82) is 0 Å². The summed E-state index contributed by atoms with van der Waals surface area (Å²) in [5.74, 6) is 0.462. The van der Waals surface area contributed by atoms with Crippen molar-refractivity contribution in [3.05, 3.63) is 23.2 Å². The summed E-state index contributed by atoms with van der Waals surface area (Å²) < 4.78 is 31.2. The van der Waals surface area contributed by atoms with Crippen LogP contribution in [0.3, 0.4) is 0 Å². The van der Waals surface area contributed by atoms with Gasteiger partial charge in [-0.2, -0.15) is 0 Å². The minimum atomic E-state index is -3.36. The van der Waals surface area contributed by atoms with Crippen LogP contribution < -0.4 is 14.8 Å². The lowest BCUT2D eigenvalue weighted by Crippen LogP contribution is -2.27. The highest BCUT2D eigenvalue weighted by Crippen LogP contribution is 2.27. The molecule has 0 aliphatic heterocycles. The minimum absolute atomic E-state index is 0.0257. The maximum absolute atomic E-state index is 11.8. The predicted octanol–water partition coefficient (Wildman–Crippen LogP) is 2.09. The molecule has 0 aliphatic carbocycles. The number of benzene rings is 1. The molecule has 1 aromatic carbocycles. The van der Waals surface area contributed by atoms with Crippen LogP contribution in [-0.2, 0) is 10.0 Å². The van der Waals surface area contributed by atoms with E-state index in [0.717, 1.165) is 13.0 Å². The van der Waals surface area contributed by atoms with Gasteiger partial charge < -0.3 is 10.1 Å². The third-order valence-corrected chi connectivity index (χ3v) is 4.00. The Hall–Kier alpha value is -0.980. The average Bonchev–Trinajstić information content (AvgIpc) is 2.37. The van der Waals surface area contributed by atoms with Crippen LogP contribution in [0.5, 0.6) is 5.75 Å². The van der Waals surface area contributed by atoms with Crippen LogP contribution in [0, 0.1) is 0 Å². The lowest BCUT2D eigenvalue weighted by molar-refractivity contribution is 0.415. The van der Waals surface area contributed by atoms with E-state index >= 15 is 0 Å². The molecule has 0 spiro atoms. The molecule has 2 N–H and O–H groups in total. The minimum Gasteiger partial charge on any atom is -0.495 e. The molecule has 1 aromatic rings. The molecule has 0 aromatic heterocycles. The van der Waals surface area contributed by atoms with Crippen molar-refractivity contribution in [2.24, 2.45) is 0 Å². The molecule has 0 saturated heterocycles. The zero-order valence-electron chi connectivity index (χ0n) is 11.1. The normalized spacial score (nSPS) is 11.3. The van der Waals surface area contributed by atoms with E-state index in [0.29, 0.717) is 23.0 Å². The topological polar surface area (TPSA) is 67.4 Å². The number of hydrogen-bond acceptors (Lipinski definition) is 4. The number of methoxy groups -OCH3 is 1. The Kier molecular flexibility index (Phi) is 6.41. The van der Waals surface area contributed by atoms with Crippen molar-refractivity contribution in [2.45, 2.75) is 13.3 Å². The van der Waals surface area contributed by atoms with Gasteiger partial charge >= 0.3 is 0 Å². The van der Waals surface area contributed by atoms with Gasteiger partial charge in [0.05, 0.1) is 23.6 Å². The predicted molar refractivity (Wildman–Crippen MR) is 78.6 cm³/mol. The standard InChI is InChI=1S/C12H19ClN2O3S/c1-3-6-14-7-8-19(16,17)15-10-4-5-11(13)12(9-10)18-2/h4-5,9,14-15H,3,6-8H2,1-2H3. The second kappa shape index (κ2) is 7.57. The fraction of sp³-hybridized carbons (Fsp3) is 0.500. The summed E-state index contributed by atoms with van der Waals surface area (Å²) in [7, 11) is -1.88. The van der Waals surface area contributed by atoms with Gasteiger partial charge in [-0.05, 0) is 25.1 Å². The first-order chi connectivity index (χ1) is 8.98. The number of hydrogen-bond donors (Lipinski definition) is 2. The molecule has 0 saturated carbocycles. The van der Waals surface area contributed by atoms with Crippen LogP contribution >= 0.6 is 11.6 Å². The quantitative estimate of drug-likeness (QED) is 0.722. The van der Waals surface area contributed by atoms with E-state index in [1.54, 1.807) is 18.2 Å². The molecule has 0 heterocycles. The summed E-state index contributed by atoms with van der Waals surface area (Å²) >= 11 is 5.87. The summed E-state index contributed by atoms with van der Waals surface area (Å²) in [4.78, 5) is 0. The van der Waals surface area contributed by atoms with E-state index in [1.165, 1.54) is 7.11 Å². The lowest BCUT2D eigenvalue weighted by atomic mass is 10.3. The number of anilines is 1. The highest BCUT2D eigenvalue weighted by Gasteiger charge is 2.11. The fourth-order valence-electron chi connectivity index (χ4n) is 1.46. The summed E-state index contributed by atoms with van der Waals surface area (Å²) in [6.45, 7) is 3.26. The number of nitrogens with one attached hydrogen (secondary N) is 2. The van der Waals surface area contributed by atoms with Gasteiger partial charge in [0.1, 0.15) is 5.75 Å². The van der Waals surface area contributed by atoms with E-state index in [2.05, 4.69) is 10.0 Å². The first-order valence-corrected chi connectivity index (χ1v) is 8.06. The van der Waals surface area contributed by atoms with Crippen molar-refractivity contribution in [2.75, 3.05) is 30.7 Å². The Morgan fingerprint density at radius 3 is 2.68 bits per heavy atom. The van der Waals surface area contributed by atoms with Crippen LogP contribution in [0.2, 0.25) is 5.02 Å². The zero-order chi connectivity index (χ0) is 14.3. The first kappa shape index (κ1) is 16.1. The van der Waals surface area contributed by atoms with Gasteiger partial charge in [0.2, 0.25) is 10.0 Å². The third kappa shape index (κ3) is 5.67. The van der Waals surface area contributed by atoms with E-state index in [4.69, 9.17) is 16.3 Å². The molecule has 0 radical (unpaired) electrons. The Balaban J connectivity index is 2.62. The first-order valence-electron chi connectivity index (χ1n) is 6.03. The van der Waals surface area contributed by atoms with Crippen molar-refractivity contribution < 1.29 is 13.2 Å². The van der Waals surface area contributed by atoms with E-state index < -0.39 is 10.0 Å². The largest absolute Gasteiger partial charge is 0.495 e. The maximum Gasteiger partial charge on any atom is 0.233 e. The summed E-state index contributed by atoms with van der Waals surface area (Å²) in [6, 6.07) is 4.74. The molecular weight excluding hydrogens is 288 g/mol. The molecule has 0 aliphatic rings. The second-order valence-corrected chi connectivity index (χ2v) is 6.27. The van der Waals surface area contributed by atoms with Crippen molar-refractivity contribution in [1.82, 2.24) is 5.32 Å². The van der Waals surface area contributed by atoms with Crippen LogP contribution in [0.1, 0.15) is 13.3 Å². The summed E-state index contributed by atoms with van der Waals surface area (Å²) in [6.07, 6.45) is 0.974. The van der Waals surface area contributed by atoms with Crippen molar-refractivity contribution in [3.63, 3.8) is 0 Å². The molecule has 0 bridgehead atoms. The number of ether oxygens (including phenoxy) is 1. The van der Waals surface area contributed by atoms with Gasteiger partial charge in [-0.1, -0.05) is 18.5 Å². The van der Waals surface area contributed by atoms with E-state index in [1.807, 2.05) is 6.92 Å². The van der Waals surface area contributed by atoms with Crippen LogP contribution in [0.4, 0.5) is 5.69 Å². The van der Waals surface area contributed by atoms with Gasteiger partial charge in [-0.25, -0.2) is 8.42 Å². The van der Waals surface area contributed by atoms with Gasteiger partial charge in [0.25, 0.3) is 0 Å². The molecule has 7 heteroatoms. The smallest absolute Gasteiger partial charge is 0.233 e.